The lowest BCUT2D eigenvalue weighted by Crippen LogP contribution is -2.50. The molecule has 0 bridgehead atoms. The summed E-state index contributed by atoms with van der Waals surface area (Å²) in [7, 11) is -3.82. The van der Waals surface area contributed by atoms with Crippen LogP contribution in [0.25, 0.3) is 6.08 Å². The summed E-state index contributed by atoms with van der Waals surface area (Å²) in [6, 6.07) is 8.20. The van der Waals surface area contributed by atoms with Gasteiger partial charge in [-0.3, -0.25) is 9.78 Å². The van der Waals surface area contributed by atoms with Gasteiger partial charge in [0.2, 0.25) is 15.9 Å². The van der Waals surface area contributed by atoms with Gasteiger partial charge in [-0.15, -0.1) is 0 Å². The van der Waals surface area contributed by atoms with Crippen LogP contribution in [0.4, 0.5) is 0 Å². The topological polar surface area (TPSA) is 70.6 Å². The van der Waals surface area contributed by atoms with Gasteiger partial charge in [0, 0.05) is 44.6 Å². The Morgan fingerprint density at radius 2 is 1.70 bits per heavy atom. The molecular weight excluding hydrogens is 409 g/mol. The molecule has 0 spiro atoms. The number of rotatable bonds is 4. The van der Waals surface area contributed by atoms with Crippen LogP contribution in [0.5, 0.6) is 0 Å². The van der Waals surface area contributed by atoms with E-state index in [0.29, 0.717) is 0 Å². The van der Waals surface area contributed by atoms with Crippen molar-refractivity contribution in [1.29, 1.82) is 0 Å². The fourth-order valence-electron chi connectivity index (χ4n) is 2.75. The number of nitrogens with zero attached hydrogens (tertiary/aromatic N) is 3. The minimum Gasteiger partial charge on any atom is -0.337 e. The first kappa shape index (κ1) is 19.8. The highest BCUT2D eigenvalue weighted by Gasteiger charge is 2.32. The van der Waals surface area contributed by atoms with E-state index in [4.69, 9.17) is 23.2 Å². The average Bonchev–Trinajstić information content (AvgIpc) is 2.67. The highest BCUT2D eigenvalue weighted by molar-refractivity contribution is 7.89. The Kier molecular flexibility index (Phi) is 6.16. The SMILES string of the molecule is O=C(/C=C/c1cccnc1)N1CCN(S(=O)(=O)c2c(Cl)cccc2Cl)CC1. The first-order valence-electron chi connectivity index (χ1n) is 8.21. The molecule has 2 heterocycles. The Balaban J connectivity index is 1.66. The van der Waals surface area contributed by atoms with Crippen LogP contribution in [0.2, 0.25) is 10.0 Å². The van der Waals surface area contributed by atoms with E-state index in [-0.39, 0.29) is 47.0 Å². The summed E-state index contributed by atoms with van der Waals surface area (Å²) in [5, 5.41) is 0.167. The molecule has 1 aromatic heterocycles. The molecule has 0 N–H and O–H groups in total. The minimum atomic E-state index is -3.82. The standard InChI is InChI=1S/C18H17Cl2N3O3S/c19-15-4-1-5-16(20)18(15)27(25,26)23-11-9-22(10-12-23)17(24)7-6-14-3-2-8-21-13-14/h1-8,13H,9-12H2/b7-6+. The minimum absolute atomic E-state index is 0.0837. The van der Waals surface area contributed by atoms with E-state index >= 15 is 0 Å². The van der Waals surface area contributed by atoms with Gasteiger partial charge in [0.05, 0.1) is 10.0 Å². The summed E-state index contributed by atoms with van der Waals surface area (Å²) < 4.78 is 27.0. The summed E-state index contributed by atoms with van der Waals surface area (Å²) in [5.41, 5.74) is 0.820. The number of halogens is 2. The molecule has 0 unspecified atom stereocenters. The van der Waals surface area contributed by atoms with Crippen LogP contribution < -0.4 is 0 Å². The van der Waals surface area contributed by atoms with Gasteiger partial charge in [0.1, 0.15) is 4.90 Å². The monoisotopic (exact) mass is 425 g/mol. The molecule has 27 heavy (non-hydrogen) atoms. The highest BCUT2D eigenvalue weighted by atomic mass is 35.5. The van der Waals surface area contributed by atoms with Crippen molar-refractivity contribution in [3.63, 3.8) is 0 Å². The van der Waals surface area contributed by atoms with Gasteiger partial charge < -0.3 is 4.90 Å². The summed E-state index contributed by atoms with van der Waals surface area (Å²) in [5.74, 6) is -0.174. The van der Waals surface area contributed by atoms with Gasteiger partial charge in [-0.2, -0.15) is 4.31 Å². The smallest absolute Gasteiger partial charge is 0.246 e. The number of hydrogen-bond acceptors (Lipinski definition) is 4. The molecule has 1 fully saturated rings. The number of benzene rings is 1. The molecule has 0 atom stereocenters. The van der Waals surface area contributed by atoms with E-state index in [9.17, 15) is 13.2 Å². The van der Waals surface area contributed by atoms with Crippen LogP contribution >= 0.6 is 23.2 Å². The van der Waals surface area contributed by atoms with E-state index in [1.165, 1.54) is 22.5 Å². The lowest BCUT2D eigenvalue weighted by atomic mass is 10.2. The average molecular weight is 426 g/mol. The van der Waals surface area contributed by atoms with Crippen LogP contribution in [-0.2, 0) is 14.8 Å². The van der Waals surface area contributed by atoms with Crippen LogP contribution in [-0.4, -0.2) is 54.7 Å². The summed E-state index contributed by atoms with van der Waals surface area (Å²) in [6.45, 7) is 0.932. The number of carbonyl (C=O) groups is 1. The number of carbonyl (C=O) groups excluding carboxylic acids is 1. The van der Waals surface area contributed by atoms with Crippen molar-refractivity contribution in [1.82, 2.24) is 14.2 Å². The molecular formula is C18H17Cl2N3O3S. The summed E-state index contributed by atoms with van der Waals surface area (Å²) in [4.78, 5) is 17.8. The second-order valence-corrected chi connectivity index (χ2v) is 8.59. The Morgan fingerprint density at radius 3 is 2.30 bits per heavy atom. The number of hydrogen-bond donors (Lipinski definition) is 0. The normalized spacial score (nSPS) is 16.0. The number of aromatic nitrogens is 1. The van der Waals surface area contributed by atoms with E-state index in [1.54, 1.807) is 35.5 Å². The Labute approximate surface area is 168 Å². The van der Waals surface area contributed by atoms with Gasteiger partial charge in [-0.05, 0) is 29.8 Å². The van der Waals surface area contributed by atoms with E-state index in [2.05, 4.69) is 4.98 Å². The second kappa shape index (κ2) is 8.39. The Hall–Kier alpha value is -1.93. The molecule has 0 radical (unpaired) electrons. The fraction of sp³-hybridized carbons (Fsp3) is 0.222. The first-order chi connectivity index (χ1) is 12.9. The number of pyridine rings is 1. The zero-order chi connectivity index (χ0) is 19.4. The van der Waals surface area contributed by atoms with Crippen molar-refractivity contribution in [2.45, 2.75) is 4.90 Å². The third-order valence-corrected chi connectivity index (χ3v) is 7.02. The Bertz CT molecular complexity index is 937. The largest absolute Gasteiger partial charge is 0.337 e. The van der Waals surface area contributed by atoms with Gasteiger partial charge >= 0.3 is 0 Å². The maximum absolute atomic E-state index is 12.8. The molecule has 1 amide bonds. The molecule has 0 saturated carbocycles. The maximum atomic E-state index is 12.8. The zero-order valence-electron chi connectivity index (χ0n) is 14.3. The van der Waals surface area contributed by atoms with E-state index in [1.807, 2.05) is 6.07 Å². The lowest BCUT2D eigenvalue weighted by Gasteiger charge is -2.33. The first-order valence-corrected chi connectivity index (χ1v) is 10.4. The Morgan fingerprint density at radius 1 is 1.04 bits per heavy atom. The van der Waals surface area contributed by atoms with Crippen LogP contribution in [0.3, 0.4) is 0 Å². The van der Waals surface area contributed by atoms with Crippen molar-refractivity contribution in [2.24, 2.45) is 0 Å². The molecule has 142 valence electrons. The van der Waals surface area contributed by atoms with Crippen molar-refractivity contribution < 1.29 is 13.2 Å². The van der Waals surface area contributed by atoms with Gasteiger partial charge in [-0.25, -0.2) is 8.42 Å². The fourth-order valence-corrected chi connectivity index (χ4v) is 5.27. The van der Waals surface area contributed by atoms with E-state index in [0.717, 1.165) is 5.56 Å². The molecule has 1 aliphatic heterocycles. The van der Waals surface area contributed by atoms with Gasteiger partial charge in [0.15, 0.2) is 0 Å². The van der Waals surface area contributed by atoms with Crippen LogP contribution in [0.15, 0.2) is 53.7 Å². The van der Waals surface area contributed by atoms with Crippen LogP contribution in [0.1, 0.15) is 5.56 Å². The predicted octanol–water partition coefficient (Wildman–Crippen LogP) is 2.93. The van der Waals surface area contributed by atoms with Crippen molar-refractivity contribution in [3.05, 3.63) is 64.4 Å². The van der Waals surface area contributed by atoms with Crippen molar-refractivity contribution >= 4 is 45.2 Å². The highest BCUT2D eigenvalue weighted by Crippen LogP contribution is 2.31. The van der Waals surface area contributed by atoms with Crippen molar-refractivity contribution in [3.8, 4) is 0 Å². The van der Waals surface area contributed by atoms with Crippen molar-refractivity contribution in [2.75, 3.05) is 26.2 Å². The van der Waals surface area contributed by atoms with Gasteiger partial charge in [-0.1, -0.05) is 35.3 Å². The molecule has 2 aromatic rings. The molecule has 0 aliphatic carbocycles. The lowest BCUT2D eigenvalue weighted by molar-refractivity contribution is -0.127. The number of piperazine rings is 1. The third-order valence-electron chi connectivity index (χ3n) is 4.17. The predicted molar refractivity (Wildman–Crippen MR) is 105 cm³/mol. The maximum Gasteiger partial charge on any atom is 0.246 e. The zero-order valence-corrected chi connectivity index (χ0v) is 16.6. The molecule has 9 heteroatoms. The molecule has 1 aromatic carbocycles. The van der Waals surface area contributed by atoms with E-state index < -0.39 is 10.0 Å². The molecule has 1 saturated heterocycles. The molecule has 6 nitrogen and oxygen atoms in total. The van der Waals surface area contributed by atoms with Crippen LogP contribution in [0, 0.1) is 0 Å². The summed E-state index contributed by atoms with van der Waals surface area (Å²) in [6.07, 6.45) is 6.46. The quantitative estimate of drug-likeness (QED) is 0.705. The molecule has 1 aliphatic rings. The third kappa shape index (κ3) is 4.50. The number of sulfonamides is 1. The number of amides is 1. The van der Waals surface area contributed by atoms with Gasteiger partial charge in [0.25, 0.3) is 0 Å². The molecule has 3 rings (SSSR count). The summed E-state index contributed by atoms with van der Waals surface area (Å²) >= 11 is 12.1. The second-order valence-electron chi connectivity index (χ2n) is 5.90.